The van der Waals surface area contributed by atoms with Crippen LogP contribution in [0.1, 0.15) is 32.6 Å². The van der Waals surface area contributed by atoms with E-state index in [0.29, 0.717) is 12.7 Å². The Hall–Kier alpha value is -0.610. The Morgan fingerprint density at radius 2 is 2.40 bits per heavy atom. The number of hydrogen-bond donors (Lipinski definition) is 1. The van der Waals surface area contributed by atoms with Crippen LogP contribution in [-0.2, 0) is 14.3 Å². The van der Waals surface area contributed by atoms with E-state index in [1.54, 1.807) is 0 Å². The first kappa shape index (κ1) is 10.9. The second kappa shape index (κ2) is 4.94. The second-order valence-corrected chi connectivity index (χ2v) is 4.34. The molecule has 0 spiro atoms. The minimum atomic E-state index is -0.00963. The van der Waals surface area contributed by atoms with Gasteiger partial charge in [-0.05, 0) is 25.7 Å². The van der Waals surface area contributed by atoms with E-state index in [1.807, 2.05) is 6.92 Å². The van der Waals surface area contributed by atoms with E-state index in [9.17, 15) is 4.79 Å². The van der Waals surface area contributed by atoms with E-state index in [1.165, 1.54) is 0 Å². The highest BCUT2D eigenvalue weighted by molar-refractivity contribution is 5.77. The number of carbonyl (C=O) groups excluding carboxylic acids is 1. The van der Waals surface area contributed by atoms with Crippen LogP contribution in [0, 0.1) is 0 Å². The summed E-state index contributed by atoms with van der Waals surface area (Å²) in [5.74, 6) is -0.00963. The fourth-order valence-electron chi connectivity index (χ4n) is 2.35. The molecule has 2 fully saturated rings. The predicted octanol–water partition coefficient (Wildman–Crippen LogP) is 0.849. The van der Waals surface area contributed by atoms with E-state index in [0.717, 1.165) is 25.7 Å². The topological polar surface area (TPSA) is 47.6 Å². The molecule has 3 unspecified atom stereocenters. The molecule has 2 bridgehead atoms. The lowest BCUT2D eigenvalue weighted by Crippen LogP contribution is -2.43. The monoisotopic (exact) mass is 213 g/mol. The normalized spacial score (nSPS) is 33.3. The first-order valence-corrected chi connectivity index (χ1v) is 5.82. The number of nitrogens with one attached hydrogen (secondary N) is 1. The number of carbonyl (C=O) groups is 1. The number of ether oxygens (including phenoxy) is 2. The van der Waals surface area contributed by atoms with Crippen molar-refractivity contribution in [1.82, 2.24) is 5.32 Å². The Morgan fingerprint density at radius 3 is 3.00 bits per heavy atom. The minimum Gasteiger partial charge on any atom is -0.373 e. The van der Waals surface area contributed by atoms with Crippen molar-refractivity contribution in [2.75, 3.05) is 13.2 Å². The van der Waals surface area contributed by atoms with Crippen molar-refractivity contribution in [1.29, 1.82) is 0 Å². The largest absolute Gasteiger partial charge is 0.373 e. The first-order valence-electron chi connectivity index (χ1n) is 5.82. The highest BCUT2D eigenvalue weighted by Crippen LogP contribution is 2.34. The van der Waals surface area contributed by atoms with Gasteiger partial charge in [0.2, 0.25) is 5.91 Å². The van der Waals surface area contributed by atoms with Crippen LogP contribution in [-0.4, -0.2) is 37.4 Å². The van der Waals surface area contributed by atoms with Gasteiger partial charge in [-0.1, -0.05) is 6.92 Å². The molecule has 0 saturated carbocycles. The third kappa shape index (κ3) is 2.69. The van der Waals surface area contributed by atoms with Crippen LogP contribution in [0.25, 0.3) is 0 Å². The summed E-state index contributed by atoms with van der Waals surface area (Å²) in [7, 11) is 0. The smallest absolute Gasteiger partial charge is 0.246 e. The van der Waals surface area contributed by atoms with Crippen molar-refractivity contribution in [2.24, 2.45) is 0 Å². The molecule has 2 heterocycles. The van der Waals surface area contributed by atoms with Crippen molar-refractivity contribution in [2.45, 2.75) is 50.9 Å². The number of fused-ring (bicyclic) bond motifs is 2. The lowest BCUT2D eigenvalue weighted by atomic mass is 9.95. The molecule has 2 saturated heterocycles. The van der Waals surface area contributed by atoms with Crippen molar-refractivity contribution in [3.8, 4) is 0 Å². The van der Waals surface area contributed by atoms with Crippen molar-refractivity contribution in [3.05, 3.63) is 0 Å². The van der Waals surface area contributed by atoms with Crippen molar-refractivity contribution < 1.29 is 14.3 Å². The van der Waals surface area contributed by atoms with Crippen LogP contribution in [0.15, 0.2) is 0 Å². The fourth-order valence-corrected chi connectivity index (χ4v) is 2.35. The highest BCUT2D eigenvalue weighted by atomic mass is 16.5. The fraction of sp³-hybridized carbons (Fsp3) is 0.909. The van der Waals surface area contributed by atoms with E-state index >= 15 is 0 Å². The Labute approximate surface area is 90.3 Å². The summed E-state index contributed by atoms with van der Waals surface area (Å²) in [5.41, 5.74) is 0. The van der Waals surface area contributed by atoms with Crippen LogP contribution >= 0.6 is 0 Å². The summed E-state index contributed by atoms with van der Waals surface area (Å²) >= 11 is 0. The summed E-state index contributed by atoms with van der Waals surface area (Å²) in [5, 5.41) is 2.98. The Bertz CT molecular complexity index is 232. The van der Waals surface area contributed by atoms with Crippen LogP contribution in [0.3, 0.4) is 0 Å². The molecule has 4 nitrogen and oxygen atoms in total. The van der Waals surface area contributed by atoms with Crippen LogP contribution < -0.4 is 5.32 Å². The third-order valence-electron chi connectivity index (χ3n) is 3.03. The number of rotatable bonds is 5. The molecule has 0 aromatic carbocycles. The molecule has 1 amide bonds. The van der Waals surface area contributed by atoms with Gasteiger partial charge in [0.05, 0.1) is 18.2 Å². The molecule has 0 aromatic heterocycles. The molecule has 86 valence electrons. The zero-order chi connectivity index (χ0) is 10.7. The van der Waals surface area contributed by atoms with Gasteiger partial charge in [-0.15, -0.1) is 0 Å². The van der Waals surface area contributed by atoms with Gasteiger partial charge in [-0.25, -0.2) is 0 Å². The van der Waals surface area contributed by atoms with Gasteiger partial charge in [0.15, 0.2) is 0 Å². The minimum absolute atomic E-state index is 0.00963. The molecule has 2 rings (SSSR count). The maximum absolute atomic E-state index is 11.5. The quantitative estimate of drug-likeness (QED) is 0.689. The molecule has 2 aliphatic heterocycles. The van der Waals surface area contributed by atoms with Gasteiger partial charge in [-0.3, -0.25) is 4.79 Å². The standard InChI is InChI=1S/C11H19NO3/c1-2-5-14-7-11(13)12-9-6-8-3-4-10(9)15-8/h8-10H,2-7H2,1H3,(H,12,13). The SMILES string of the molecule is CCCOCC(=O)NC1CC2CCC1O2. The molecule has 0 aliphatic carbocycles. The molecule has 4 heteroatoms. The van der Waals surface area contributed by atoms with Gasteiger partial charge >= 0.3 is 0 Å². The Kier molecular flexibility index (Phi) is 3.59. The summed E-state index contributed by atoms with van der Waals surface area (Å²) < 4.78 is 10.8. The average Bonchev–Trinajstić information content (AvgIpc) is 2.79. The first-order chi connectivity index (χ1) is 7.29. The van der Waals surface area contributed by atoms with Gasteiger partial charge in [0.25, 0.3) is 0 Å². The summed E-state index contributed by atoms with van der Waals surface area (Å²) in [4.78, 5) is 11.5. The van der Waals surface area contributed by atoms with E-state index in [-0.39, 0.29) is 24.7 Å². The van der Waals surface area contributed by atoms with Gasteiger partial charge in [0.1, 0.15) is 6.61 Å². The third-order valence-corrected chi connectivity index (χ3v) is 3.03. The lowest BCUT2D eigenvalue weighted by Gasteiger charge is -2.19. The molecule has 2 aliphatic rings. The molecule has 1 N–H and O–H groups in total. The maximum Gasteiger partial charge on any atom is 0.246 e. The lowest BCUT2D eigenvalue weighted by molar-refractivity contribution is -0.126. The predicted molar refractivity (Wildman–Crippen MR) is 55.6 cm³/mol. The second-order valence-electron chi connectivity index (χ2n) is 4.34. The van der Waals surface area contributed by atoms with Crippen molar-refractivity contribution >= 4 is 5.91 Å². The zero-order valence-corrected chi connectivity index (χ0v) is 9.20. The van der Waals surface area contributed by atoms with E-state index in [4.69, 9.17) is 9.47 Å². The summed E-state index contributed by atoms with van der Waals surface area (Å²) in [6.45, 7) is 2.87. The number of amides is 1. The molecular formula is C11H19NO3. The average molecular weight is 213 g/mol. The molecule has 15 heavy (non-hydrogen) atoms. The molecule has 0 radical (unpaired) electrons. The van der Waals surface area contributed by atoms with Gasteiger partial charge in [-0.2, -0.15) is 0 Å². The van der Waals surface area contributed by atoms with E-state index < -0.39 is 0 Å². The zero-order valence-electron chi connectivity index (χ0n) is 9.20. The molecule has 3 atom stereocenters. The van der Waals surface area contributed by atoms with Gasteiger partial charge < -0.3 is 14.8 Å². The summed E-state index contributed by atoms with van der Waals surface area (Å²) in [6.07, 6.45) is 4.81. The maximum atomic E-state index is 11.5. The number of hydrogen-bond acceptors (Lipinski definition) is 3. The van der Waals surface area contributed by atoms with Crippen LogP contribution in [0.2, 0.25) is 0 Å². The van der Waals surface area contributed by atoms with Gasteiger partial charge in [0, 0.05) is 6.61 Å². The van der Waals surface area contributed by atoms with Crippen LogP contribution in [0.4, 0.5) is 0 Å². The Balaban J connectivity index is 1.66. The summed E-state index contributed by atoms with van der Waals surface area (Å²) in [6, 6.07) is 0.224. The Morgan fingerprint density at radius 1 is 1.53 bits per heavy atom. The van der Waals surface area contributed by atoms with Crippen LogP contribution in [0.5, 0.6) is 0 Å². The van der Waals surface area contributed by atoms with E-state index in [2.05, 4.69) is 5.32 Å². The van der Waals surface area contributed by atoms with Crippen molar-refractivity contribution in [3.63, 3.8) is 0 Å². The molecule has 0 aromatic rings. The highest BCUT2D eigenvalue weighted by Gasteiger charge is 2.41. The molecular weight excluding hydrogens is 194 g/mol.